The molecule has 6 nitrogen and oxygen atoms in total. The summed E-state index contributed by atoms with van der Waals surface area (Å²) in [6.07, 6.45) is 3.82. The second kappa shape index (κ2) is 7.88. The van der Waals surface area contributed by atoms with Crippen molar-refractivity contribution in [2.24, 2.45) is 0 Å². The minimum Gasteiger partial charge on any atom is -0.361 e. The van der Waals surface area contributed by atoms with Gasteiger partial charge in [0, 0.05) is 52.9 Å². The van der Waals surface area contributed by atoms with Gasteiger partial charge < -0.3 is 15.2 Å². The fourth-order valence-electron chi connectivity index (χ4n) is 4.10. The maximum absolute atomic E-state index is 12.9. The van der Waals surface area contributed by atoms with Crippen molar-refractivity contribution < 1.29 is 4.79 Å². The Balaban J connectivity index is 1.29. The number of aromatic nitrogens is 3. The normalized spacial score (nSPS) is 16.7. The van der Waals surface area contributed by atoms with Gasteiger partial charge in [0.1, 0.15) is 0 Å². The van der Waals surface area contributed by atoms with Crippen LogP contribution in [0.3, 0.4) is 0 Å². The molecule has 0 bridgehead atoms. The zero-order valence-electron chi connectivity index (χ0n) is 16.4. The third-order valence-electron chi connectivity index (χ3n) is 5.64. The van der Waals surface area contributed by atoms with E-state index in [1.54, 1.807) is 0 Å². The fourth-order valence-corrected chi connectivity index (χ4v) is 4.23. The summed E-state index contributed by atoms with van der Waals surface area (Å²) in [5.41, 5.74) is 3.67. The van der Waals surface area contributed by atoms with Crippen molar-refractivity contribution in [3.8, 4) is 11.3 Å². The van der Waals surface area contributed by atoms with E-state index in [-0.39, 0.29) is 11.9 Å². The average Bonchev–Trinajstić information content (AvgIpc) is 3.44. The number of carbonyl (C=O) groups is 1. The van der Waals surface area contributed by atoms with Crippen molar-refractivity contribution in [1.29, 1.82) is 0 Å². The Hall–Kier alpha value is -3.25. The lowest BCUT2D eigenvalue weighted by molar-refractivity contribution is 0.0935. The quantitative estimate of drug-likeness (QED) is 0.452. The van der Waals surface area contributed by atoms with Crippen LogP contribution in [0.15, 0.2) is 60.8 Å². The molecule has 3 N–H and O–H groups in total. The van der Waals surface area contributed by atoms with Gasteiger partial charge in [0.15, 0.2) is 5.82 Å². The molecule has 1 saturated heterocycles. The summed E-state index contributed by atoms with van der Waals surface area (Å²) in [5, 5.41) is 12.5. The van der Waals surface area contributed by atoms with Gasteiger partial charge in [0.05, 0.1) is 5.69 Å². The molecule has 2 aromatic heterocycles. The SMILES string of the molecule is O=C(NC1CCCN(c2cc(-c3ccc(Cl)cc3)[nH]n2)C1)c1cccc2[nH]ccc12. The van der Waals surface area contributed by atoms with E-state index in [4.69, 9.17) is 11.6 Å². The van der Waals surface area contributed by atoms with Gasteiger partial charge >= 0.3 is 0 Å². The lowest BCUT2D eigenvalue weighted by Gasteiger charge is -2.33. The Morgan fingerprint density at radius 1 is 1.17 bits per heavy atom. The van der Waals surface area contributed by atoms with Gasteiger partial charge in [-0.15, -0.1) is 0 Å². The van der Waals surface area contributed by atoms with E-state index in [9.17, 15) is 4.79 Å². The van der Waals surface area contributed by atoms with Crippen LogP contribution in [-0.4, -0.2) is 40.2 Å². The fraction of sp³-hybridized carbons (Fsp3) is 0.217. The summed E-state index contributed by atoms with van der Waals surface area (Å²) in [6.45, 7) is 1.66. The topological polar surface area (TPSA) is 76.8 Å². The minimum absolute atomic E-state index is 0.0315. The summed E-state index contributed by atoms with van der Waals surface area (Å²) in [6, 6.07) is 17.5. The lowest BCUT2D eigenvalue weighted by Crippen LogP contribution is -2.48. The average molecular weight is 420 g/mol. The number of H-pyrrole nitrogens is 2. The van der Waals surface area contributed by atoms with Gasteiger partial charge in [-0.1, -0.05) is 29.8 Å². The van der Waals surface area contributed by atoms with Crippen molar-refractivity contribution >= 4 is 34.2 Å². The van der Waals surface area contributed by atoms with Crippen LogP contribution in [0.25, 0.3) is 22.2 Å². The van der Waals surface area contributed by atoms with E-state index >= 15 is 0 Å². The van der Waals surface area contributed by atoms with E-state index in [0.717, 1.165) is 53.9 Å². The van der Waals surface area contributed by atoms with Crippen LogP contribution in [0.5, 0.6) is 0 Å². The molecule has 1 amide bonds. The molecular formula is C23H22ClN5O. The molecule has 30 heavy (non-hydrogen) atoms. The molecule has 1 atom stereocenters. The first kappa shape index (κ1) is 18.8. The molecule has 0 radical (unpaired) electrons. The summed E-state index contributed by atoms with van der Waals surface area (Å²) in [4.78, 5) is 18.3. The van der Waals surface area contributed by atoms with E-state index < -0.39 is 0 Å². The van der Waals surface area contributed by atoms with Gasteiger partial charge in [-0.05, 0) is 48.7 Å². The predicted octanol–water partition coefficient (Wildman–Crippen LogP) is 4.61. The van der Waals surface area contributed by atoms with E-state index in [1.165, 1.54) is 0 Å². The molecule has 2 aromatic carbocycles. The summed E-state index contributed by atoms with van der Waals surface area (Å²) < 4.78 is 0. The highest BCUT2D eigenvalue weighted by molar-refractivity contribution is 6.30. The number of rotatable bonds is 4. The number of hydrogen-bond acceptors (Lipinski definition) is 3. The molecule has 1 aliphatic rings. The van der Waals surface area contributed by atoms with Crippen LogP contribution in [0.2, 0.25) is 5.02 Å². The van der Waals surface area contributed by atoms with Crippen molar-refractivity contribution in [3.05, 3.63) is 71.4 Å². The molecule has 5 rings (SSSR count). The Morgan fingerprint density at radius 3 is 2.90 bits per heavy atom. The second-order valence-electron chi connectivity index (χ2n) is 7.65. The number of amides is 1. The first-order valence-corrected chi connectivity index (χ1v) is 10.5. The van der Waals surface area contributed by atoms with E-state index in [1.807, 2.05) is 60.8 Å². The number of halogens is 1. The van der Waals surface area contributed by atoms with Crippen molar-refractivity contribution in [2.75, 3.05) is 18.0 Å². The number of anilines is 1. The molecule has 1 aliphatic heterocycles. The third-order valence-corrected chi connectivity index (χ3v) is 5.89. The number of benzene rings is 2. The van der Waals surface area contributed by atoms with Gasteiger partial charge in [-0.25, -0.2) is 0 Å². The van der Waals surface area contributed by atoms with Crippen LogP contribution < -0.4 is 10.2 Å². The van der Waals surface area contributed by atoms with Crippen LogP contribution in [-0.2, 0) is 0 Å². The van der Waals surface area contributed by atoms with Gasteiger partial charge in [0.25, 0.3) is 5.91 Å². The Bertz CT molecular complexity index is 1180. The van der Waals surface area contributed by atoms with Crippen LogP contribution >= 0.6 is 11.6 Å². The Kier molecular flexibility index (Phi) is 4.93. The molecule has 0 saturated carbocycles. The maximum Gasteiger partial charge on any atom is 0.252 e. The van der Waals surface area contributed by atoms with Crippen LogP contribution in [0.1, 0.15) is 23.2 Å². The monoisotopic (exact) mass is 419 g/mol. The van der Waals surface area contributed by atoms with Crippen LogP contribution in [0, 0.1) is 0 Å². The Labute approximate surface area is 179 Å². The molecule has 0 aliphatic carbocycles. The summed E-state index contributed by atoms with van der Waals surface area (Å²) in [5.74, 6) is 0.863. The summed E-state index contributed by atoms with van der Waals surface area (Å²) >= 11 is 5.98. The molecule has 1 fully saturated rings. The zero-order chi connectivity index (χ0) is 20.5. The zero-order valence-corrected chi connectivity index (χ0v) is 17.1. The molecule has 1 unspecified atom stereocenters. The largest absolute Gasteiger partial charge is 0.361 e. The third kappa shape index (κ3) is 3.66. The molecule has 152 valence electrons. The van der Waals surface area contributed by atoms with Gasteiger partial charge in [-0.2, -0.15) is 5.10 Å². The predicted molar refractivity (Wildman–Crippen MR) is 120 cm³/mol. The molecule has 0 spiro atoms. The van der Waals surface area contributed by atoms with Crippen molar-refractivity contribution in [1.82, 2.24) is 20.5 Å². The first-order chi connectivity index (χ1) is 14.7. The highest BCUT2D eigenvalue weighted by atomic mass is 35.5. The standard InChI is InChI=1S/C23H22ClN5O/c24-16-8-6-15(7-9-16)21-13-22(28-27-21)29-12-2-3-17(14-29)26-23(30)19-4-1-5-20-18(19)10-11-25-20/h1,4-11,13,17,25H,2-3,12,14H2,(H,26,30)(H,27,28). The highest BCUT2D eigenvalue weighted by Crippen LogP contribution is 2.25. The van der Waals surface area contributed by atoms with E-state index in [0.29, 0.717) is 10.6 Å². The minimum atomic E-state index is -0.0315. The number of piperidine rings is 1. The number of nitrogens with zero attached hydrogens (tertiary/aromatic N) is 2. The van der Waals surface area contributed by atoms with Crippen molar-refractivity contribution in [3.63, 3.8) is 0 Å². The second-order valence-corrected chi connectivity index (χ2v) is 8.09. The number of fused-ring (bicyclic) bond motifs is 1. The van der Waals surface area contributed by atoms with Gasteiger partial charge in [0.2, 0.25) is 0 Å². The van der Waals surface area contributed by atoms with Gasteiger partial charge in [-0.3, -0.25) is 9.89 Å². The molecule has 7 heteroatoms. The molecule has 3 heterocycles. The summed E-state index contributed by atoms with van der Waals surface area (Å²) in [7, 11) is 0. The van der Waals surface area contributed by atoms with E-state index in [2.05, 4.69) is 25.4 Å². The number of carbonyl (C=O) groups excluding carboxylic acids is 1. The smallest absolute Gasteiger partial charge is 0.252 e. The first-order valence-electron chi connectivity index (χ1n) is 10.1. The highest BCUT2D eigenvalue weighted by Gasteiger charge is 2.24. The lowest BCUT2D eigenvalue weighted by atomic mass is 10.0. The number of nitrogens with one attached hydrogen (secondary N) is 3. The molecular weight excluding hydrogens is 398 g/mol. The maximum atomic E-state index is 12.9. The molecule has 4 aromatic rings. The number of hydrogen-bond donors (Lipinski definition) is 3. The van der Waals surface area contributed by atoms with Crippen LogP contribution in [0.4, 0.5) is 5.82 Å². The van der Waals surface area contributed by atoms with Crippen molar-refractivity contribution in [2.45, 2.75) is 18.9 Å². The number of aromatic amines is 2. The Morgan fingerprint density at radius 2 is 2.03 bits per heavy atom.